The number of nitrogens with one attached hydrogen (secondary N) is 1. The van der Waals surface area contributed by atoms with Gasteiger partial charge in [-0.25, -0.2) is 5.09 Å². The molecule has 5 unspecified atom stereocenters. The molecule has 3 aromatic carbocycles. The minimum absolute atomic E-state index is 0.215. The second kappa shape index (κ2) is 13.7. The lowest BCUT2D eigenvalue weighted by atomic mass is 9.99. The Morgan fingerprint density at radius 2 is 1.56 bits per heavy atom. The molecule has 2 aliphatic rings. The van der Waals surface area contributed by atoms with Gasteiger partial charge in [0.05, 0.1) is 17.2 Å². The van der Waals surface area contributed by atoms with E-state index in [1.807, 2.05) is 60.7 Å². The standard InChI is InChI=1S/C31H32N3O7PS/c1-20(16-23(17-21-10-4-2-5-11-21)34-28(37)24-14-8-9-15-25(24)29(34)38)41-42(40)32-26-19-43-31(22-12-6-3-7-13-22)33(30(26)39)18-27(35)36/h2-15,20,23,26,31,42H,16-19H2,1H3,(H,32,40)(H,35,36). The third-order valence-corrected chi connectivity index (χ3v) is 9.95. The largest absolute Gasteiger partial charge is 0.480 e. The second-order valence-corrected chi connectivity index (χ2v) is 12.7. The Morgan fingerprint density at radius 1 is 0.977 bits per heavy atom. The molecule has 3 amide bonds. The molecule has 2 aliphatic heterocycles. The van der Waals surface area contributed by atoms with E-state index in [-0.39, 0.29) is 24.0 Å². The van der Waals surface area contributed by atoms with Gasteiger partial charge >= 0.3 is 5.97 Å². The molecule has 3 aromatic rings. The van der Waals surface area contributed by atoms with E-state index in [0.717, 1.165) is 11.1 Å². The molecule has 5 rings (SSSR count). The van der Waals surface area contributed by atoms with Crippen molar-refractivity contribution in [1.82, 2.24) is 14.9 Å². The normalized spacial score (nSPS) is 20.5. The van der Waals surface area contributed by atoms with Crippen LogP contribution in [0.3, 0.4) is 0 Å². The summed E-state index contributed by atoms with van der Waals surface area (Å²) in [5.41, 5.74) is 2.43. The number of aliphatic carboxylic acids is 1. The molecule has 12 heteroatoms. The van der Waals surface area contributed by atoms with Gasteiger partial charge in [0.25, 0.3) is 20.0 Å². The Kier molecular flexibility index (Phi) is 9.77. The number of thioether (sulfide) groups is 1. The summed E-state index contributed by atoms with van der Waals surface area (Å²) >= 11 is 1.38. The third-order valence-electron chi connectivity index (χ3n) is 7.38. The van der Waals surface area contributed by atoms with Gasteiger partial charge < -0.3 is 14.5 Å². The van der Waals surface area contributed by atoms with Crippen LogP contribution < -0.4 is 5.09 Å². The van der Waals surface area contributed by atoms with E-state index in [9.17, 15) is 28.8 Å². The van der Waals surface area contributed by atoms with Crippen LogP contribution in [0.4, 0.5) is 0 Å². The molecule has 1 saturated heterocycles. The number of imide groups is 1. The molecular formula is C31H32N3O7PS. The van der Waals surface area contributed by atoms with Gasteiger partial charge in [0, 0.05) is 11.8 Å². The van der Waals surface area contributed by atoms with Crippen molar-refractivity contribution in [3.05, 3.63) is 107 Å². The SMILES string of the molecule is CC(CC(Cc1ccccc1)N1C(=O)c2ccccc2C1=O)O[PH](=O)NC1CSC(c2ccccc2)N(CC(=O)O)C1=O. The van der Waals surface area contributed by atoms with E-state index in [1.165, 1.54) is 21.6 Å². The van der Waals surface area contributed by atoms with Gasteiger partial charge in [0.1, 0.15) is 18.0 Å². The lowest BCUT2D eigenvalue weighted by Crippen LogP contribution is -2.52. The quantitative estimate of drug-likeness (QED) is 0.223. The molecular weight excluding hydrogens is 589 g/mol. The molecule has 43 heavy (non-hydrogen) atoms. The summed E-state index contributed by atoms with van der Waals surface area (Å²) in [5.74, 6) is -2.11. The monoisotopic (exact) mass is 621 g/mol. The molecule has 2 heterocycles. The number of hydrogen-bond donors (Lipinski definition) is 2. The number of nitrogens with zero attached hydrogens (tertiary/aromatic N) is 2. The van der Waals surface area contributed by atoms with Crippen molar-refractivity contribution in [3.8, 4) is 0 Å². The Morgan fingerprint density at radius 3 is 2.16 bits per heavy atom. The first-order valence-corrected chi connectivity index (χ1v) is 16.3. The molecule has 0 spiro atoms. The van der Waals surface area contributed by atoms with Crippen molar-refractivity contribution >= 4 is 43.6 Å². The number of benzene rings is 3. The summed E-state index contributed by atoms with van der Waals surface area (Å²) in [4.78, 5) is 54.0. The van der Waals surface area contributed by atoms with Gasteiger partial charge in [0.2, 0.25) is 5.91 Å². The van der Waals surface area contributed by atoms with Crippen LogP contribution in [0.25, 0.3) is 0 Å². The summed E-state index contributed by atoms with van der Waals surface area (Å²) in [6.07, 6.45) is -0.0417. The van der Waals surface area contributed by atoms with Gasteiger partial charge in [-0.1, -0.05) is 72.8 Å². The number of rotatable bonds is 12. The highest BCUT2D eigenvalue weighted by atomic mass is 32.2. The van der Waals surface area contributed by atoms with Gasteiger partial charge in [-0.2, -0.15) is 0 Å². The van der Waals surface area contributed by atoms with Crippen molar-refractivity contribution in [1.29, 1.82) is 0 Å². The molecule has 0 bridgehead atoms. The fraction of sp³-hybridized carbons (Fsp3) is 0.290. The average molecular weight is 622 g/mol. The lowest BCUT2D eigenvalue weighted by Gasteiger charge is -2.38. The van der Waals surface area contributed by atoms with Crippen LogP contribution in [0.2, 0.25) is 0 Å². The van der Waals surface area contributed by atoms with Crippen LogP contribution in [0.1, 0.15) is 50.6 Å². The zero-order valence-electron chi connectivity index (χ0n) is 23.4. The number of carbonyl (C=O) groups excluding carboxylic acids is 3. The Balaban J connectivity index is 1.26. The van der Waals surface area contributed by atoms with Crippen molar-refractivity contribution in [2.24, 2.45) is 0 Å². The molecule has 2 N–H and O–H groups in total. The highest BCUT2D eigenvalue weighted by molar-refractivity contribution is 7.99. The number of amides is 3. The van der Waals surface area contributed by atoms with E-state index in [0.29, 0.717) is 17.5 Å². The van der Waals surface area contributed by atoms with Gasteiger partial charge in [-0.05, 0) is 43.0 Å². The Labute approximate surface area is 254 Å². The first-order valence-electron chi connectivity index (χ1n) is 13.9. The van der Waals surface area contributed by atoms with Crippen molar-refractivity contribution < 1.29 is 33.4 Å². The molecule has 10 nitrogen and oxygen atoms in total. The predicted molar refractivity (Wildman–Crippen MR) is 163 cm³/mol. The van der Waals surface area contributed by atoms with E-state index < -0.39 is 50.2 Å². The van der Waals surface area contributed by atoms with Crippen LogP contribution in [-0.4, -0.2) is 69.1 Å². The van der Waals surface area contributed by atoms with Crippen LogP contribution in [0.15, 0.2) is 84.9 Å². The molecule has 1 fully saturated rings. The van der Waals surface area contributed by atoms with Crippen LogP contribution >= 0.6 is 19.9 Å². The second-order valence-electron chi connectivity index (χ2n) is 10.5. The molecule has 0 saturated carbocycles. The average Bonchev–Trinajstić information content (AvgIpc) is 3.25. The molecule has 0 radical (unpaired) electrons. The van der Waals surface area contributed by atoms with Gasteiger partial charge in [0.15, 0.2) is 0 Å². The summed E-state index contributed by atoms with van der Waals surface area (Å²) < 4.78 is 18.9. The minimum Gasteiger partial charge on any atom is -0.480 e. The maximum absolute atomic E-state index is 13.3. The summed E-state index contributed by atoms with van der Waals surface area (Å²) in [5, 5.41) is 11.7. The number of carbonyl (C=O) groups is 4. The first-order chi connectivity index (χ1) is 20.7. The van der Waals surface area contributed by atoms with Gasteiger partial charge in [-0.15, -0.1) is 11.8 Å². The van der Waals surface area contributed by atoms with Crippen molar-refractivity contribution in [3.63, 3.8) is 0 Å². The zero-order chi connectivity index (χ0) is 30.5. The van der Waals surface area contributed by atoms with Crippen LogP contribution in [0, 0.1) is 0 Å². The van der Waals surface area contributed by atoms with E-state index in [1.54, 1.807) is 31.2 Å². The van der Waals surface area contributed by atoms with Crippen LogP contribution in [0.5, 0.6) is 0 Å². The third kappa shape index (κ3) is 7.08. The first kappa shape index (κ1) is 30.7. The Bertz CT molecular complexity index is 1490. The summed E-state index contributed by atoms with van der Waals surface area (Å²) in [7, 11) is -2.97. The minimum atomic E-state index is -2.97. The highest BCUT2D eigenvalue weighted by Gasteiger charge is 2.41. The number of hydrogen-bond acceptors (Lipinski definition) is 7. The maximum atomic E-state index is 13.3. The number of carboxylic acid groups (broad SMARTS) is 1. The smallest absolute Gasteiger partial charge is 0.323 e. The summed E-state index contributed by atoms with van der Waals surface area (Å²) in [6.45, 7) is 1.21. The fourth-order valence-corrected chi connectivity index (χ4v) is 7.96. The maximum Gasteiger partial charge on any atom is 0.323 e. The molecule has 0 aromatic heterocycles. The Hall–Kier alpha value is -3.76. The number of carboxylic acids is 1. The lowest BCUT2D eigenvalue weighted by molar-refractivity contribution is -0.145. The van der Waals surface area contributed by atoms with Crippen LogP contribution in [-0.2, 0) is 25.1 Å². The molecule has 0 aliphatic carbocycles. The number of fused-ring (bicyclic) bond motifs is 1. The zero-order valence-corrected chi connectivity index (χ0v) is 25.2. The molecule has 224 valence electrons. The van der Waals surface area contributed by atoms with E-state index in [2.05, 4.69) is 5.09 Å². The van der Waals surface area contributed by atoms with Gasteiger partial charge in [-0.3, -0.25) is 28.6 Å². The van der Waals surface area contributed by atoms with E-state index in [4.69, 9.17) is 4.52 Å². The topological polar surface area (TPSA) is 133 Å². The van der Waals surface area contributed by atoms with E-state index >= 15 is 0 Å². The summed E-state index contributed by atoms with van der Waals surface area (Å²) in [6, 6.07) is 23.9. The highest BCUT2D eigenvalue weighted by Crippen LogP contribution is 2.39. The molecule has 5 atom stereocenters. The fourth-order valence-electron chi connectivity index (χ4n) is 5.46. The van der Waals surface area contributed by atoms with Crippen molar-refractivity contribution in [2.75, 3.05) is 12.3 Å². The van der Waals surface area contributed by atoms with Crippen molar-refractivity contribution in [2.45, 2.75) is 43.3 Å². The predicted octanol–water partition coefficient (Wildman–Crippen LogP) is 4.40.